The van der Waals surface area contributed by atoms with Crippen molar-refractivity contribution < 1.29 is 18.0 Å². The van der Waals surface area contributed by atoms with E-state index in [0.717, 1.165) is 15.1 Å². The van der Waals surface area contributed by atoms with E-state index >= 15 is 0 Å². The molecule has 0 spiro atoms. The molecular weight excluding hydrogens is 551 g/mol. The fourth-order valence-corrected chi connectivity index (χ4v) is 5.95. The van der Waals surface area contributed by atoms with Gasteiger partial charge in [0, 0.05) is 54.0 Å². The van der Waals surface area contributed by atoms with Crippen LogP contribution in [0.2, 0.25) is 0 Å². The van der Waals surface area contributed by atoms with E-state index in [2.05, 4.69) is 16.2 Å². The number of nitrogens with zero attached hydrogens (tertiary/aromatic N) is 6. The minimum atomic E-state index is -4.74. The van der Waals surface area contributed by atoms with Gasteiger partial charge in [-0.25, -0.2) is 9.67 Å². The number of amides is 1. The number of carbonyl (C=O) groups is 1. The maximum atomic E-state index is 14.3. The molecule has 0 aliphatic carbocycles. The lowest BCUT2D eigenvalue weighted by molar-refractivity contribution is -0.140. The molecule has 4 heterocycles. The summed E-state index contributed by atoms with van der Waals surface area (Å²) in [7, 11) is 3.79. The van der Waals surface area contributed by atoms with Gasteiger partial charge in [0.15, 0.2) is 5.69 Å². The number of pyridine rings is 1. The van der Waals surface area contributed by atoms with E-state index in [-0.39, 0.29) is 23.8 Å². The van der Waals surface area contributed by atoms with E-state index in [1.165, 1.54) is 41.9 Å². The number of fused-ring (bicyclic) bond motifs is 1. The lowest BCUT2D eigenvalue weighted by Gasteiger charge is -2.33. The smallest absolute Gasteiger partial charge is 0.384 e. The van der Waals surface area contributed by atoms with Gasteiger partial charge in [-0.15, -0.1) is 11.3 Å². The van der Waals surface area contributed by atoms with Gasteiger partial charge in [-0.3, -0.25) is 4.79 Å². The van der Waals surface area contributed by atoms with Crippen LogP contribution in [0.25, 0.3) is 16.8 Å². The summed E-state index contributed by atoms with van der Waals surface area (Å²) < 4.78 is 44.2. The first-order valence-electron chi connectivity index (χ1n) is 12.7. The first kappa shape index (κ1) is 28.1. The van der Waals surface area contributed by atoms with Gasteiger partial charge in [0.25, 0.3) is 0 Å². The number of carbonyl (C=O) groups excluding carboxylic acids is 1. The van der Waals surface area contributed by atoms with Crippen LogP contribution >= 0.6 is 11.3 Å². The topological polar surface area (TPSA) is 104 Å². The zero-order valence-electron chi connectivity index (χ0n) is 22.3. The van der Waals surface area contributed by atoms with Crippen molar-refractivity contribution >= 4 is 23.1 Å². The number of alkyl halides is 3. The van der Waals surface area contributed by atoms with Gasteiger partial charge in [-0.2, -0.15) is 23.5 Å². The summed E-state index contributed by atoms with van der Waals surface area (Å²) in [5.41, 5.74) is 6.74. The number of anilines is 1. The van der Waals surface area contributed by atoms with Crippen LogP contribution in [0, 0.1) is 11.3 Å². The molecule has 1 aromatic carbocycles. The number of nitrogens with two attached hydrogens (primary N) is 1. The van der Waals surface area contributed by atoms with Gasteiger partial charge in [-0.05, 0) is 42.9 Å². The number of hydrogen-bond donors (Lipinski definition) is 1. The molecule has 1 aliphatic heterocycles. The number of thiophene rings is 1. The van der Waals surface area contributed by atoms with E-state index in [4.69, 9.17) is 5.73 Å². The summed E-state index contributed by atoms with van der Waals surface area (Å²) in [6.45, 7) is 1.15. The molecule has 0 bridgehead atoms. The molecule has 1 atom stereocenters. The summed E-state index contributed by atoms with van der Waals surface area (Å²) in [5, 5.41) is 13.5. The van der Waals surface area contributed by atoms with Gasteiger partial charge in [0.2, 0.25) is 5.91 Å². The van der Waals surface area contributed by atoms with Crippen molar-refractivity contribution in [2.24, 2.45) is 0 Å². The number of nitrogen functional groups attached to an aromatic ring is 1. The molecule has 210 valence electrons. The Balaban J connectivity index is 1.62. The molecule has 41 heavy (non-hydrogen) atoms. The van der Waals surface area contributed by atoms with Crippen LogP contribution in [-0.4, -0.2) is 57.7 Å². The molecule has 1 amide bonds. The zero-order chi connectivity index (χ0) is 29.3. The number of aromatic nitrogens is 3. The summed E-state index contributed by atoms with van der Waals surface area (Å²) in [5.74, 6) is -0.509. The predicted molar refractivity (Wildman–Crippen MR) is 150 cm³/mol. The Morgan fingerprint density at radius 1 is 1.22 bits per heavy atom. The van der Waals surface area contributed by atoms with Crippen molar-refractivity contribution in [1.29, 1.82) is 5.26 Å². The molecule has 1 unspecified atom stereocenters. The highest BCUT2D eigenvalue weighted by Crippen LogP contribution is 2.44. The van der Waals surface area contributed by atoms with Gasteiger partial charge in [-0.1, -0.05) is 30.3 Å². The van der Waals surface area contributed by atoms with Crippen molar-refractivity contribution in [3.8, 4) is 22.9 Å². The largest absolute Gasteiger partial charge is 0.435 e. The van der Waals surface area contributed by atoms with E-state index in [1.54, 1.807) is 41.3 Å². The van der Waals surface area contributed by atoms with Crippen LogP contribution in [0.1, 0.15) is 32.5 Å². The second kappa shape index (κ2) is 11.2. The van der Waals surface area contributed by atoms with Crippen molar-refractivity contribution in [3.63, 3.8) is 0 Å². The highest BCUT2D eigenvalue weighted by Gasteiger charge is 2.39. The molecule has 0 fully saturated rings. The first-order chi connectivity index (χ1) is 19.5. The van der Waals surface area contributed by atoms with Gasteiger partial charge in [0.05, 0.1) is 12.2 Å². The number of rotatable bonds is 6. The van der Waals surface area contributed by atoms with Crippen LogP contribution in [0.3, 0.4) is 0 Å². The van der Waals surface area contributed by atoms with Crippen LogP contribution < -0.4 is 5.73 Å². The first-order valence-corrected chi connectivity index (χ1v) is 13.5. The third kappa shape index (κ3) is 5.86. The third-order valence-electron chi connectivity index (χ3n) is 6.75. The average Bonchev–Trinajstić information content (AvgIpc) is 3.57. The zero-order valence-corrected chi connectivity index (χ0v) is 23.1. The Labute approximate surface area is 238 Å². The van der Waals surface area contributed by atoms with Crippen LogP contribution in [0.5, 0.6) is 0 Å². The Morgan fingerprint density at radius 3 is 2.71 bits per heavy atom. The lowest BCUT2D eigenvalue weighted by atomic mass is 9.83. The van der Waals surface area contributed by atoms with Crippen molar-refractivity contribution in [3.05, 3.63) is 93.6 Å². The molecule has 0 radical (unpaired) electrons. The van der Waals surface area contributed by atoms with E-state index < -0.39 is 17.8 Å². The number of benzene rings is 1. The molecule has 3 aromatic heterocycles. The maximum Gasteiger partial charge on any atom is 0.435 e. The highest BCUT2D eigenvalue weighted by molar-refractivity contribution is 7.12. The SMILES string of the molecule is CN(C)C/C=C/C(=O)N1Cc2sc(C#N)cc2C(c2ccccc2-c2cn(-c3ccnc(N)c3)nc2C(F)(F)F)C1. The summed E-state index contributed by atoms with van der Waals surface area (Å²) >= 11 is 1.29. The molecule has 2 N–H and O–H groups in total. The minimum Gasteiger partial charge on any atom is -0.384 e. The third-order valence-corrected chi connectivity index (χ3v) is 7.79. The van der Waals surface area contributed by atoms with E-state index in [0.29, 0.717) is 34.8 Å². The Bertz CT molecular complexity index is 1670. The standard InChI is InChI=1S/C29H26F3N7OS/c1-37(2)11-5-8-27(40)38-15-23(22-13-19(14-33)41-25(22)17-38)20-6-3-4-7-21(20)24-16-39(36-28(24)29(30,31)32)18-9-10-35-26(34)12-18/h3-10,12-13,16,23H,11,15,17H2,1-2H3,(H2,34,35)/b8-5+. The molecule has 1 aliphatic rings. The fourth-order valence-electron chi connectivity index (χ4n) is 4.91. The Morgan fingerprint density at radius 2 is 2.00 bits per heavy atom. The van der Waals surface area contributed by atoms with Crippen LogP contribution in [-0.2, 0) is 17.5 Å². The molecule has 4 aromatic rings. The van der Waals surface area contributed by atoms with Gasteiger partial charge in [0.1, 0.15) is 16.8 Å². The molecule has 8 nitrogen and oxygen atoms in total. The van der Waals surface area contributed by atoms with Gasteiger partial charge < -0.3 is 15.5 Å². The molecule has 12 heteroatoms. The van der Waals surface area contributed by atoms with Crippen molar-refractivity contribution in [1.82, 2.24) is 24.6 Å². The number of nitriles is 1. The Kier molecular flexibility index (Phi) is 7.66. The Hall–Kier alpha value is -4.47. The molecule has 0 saturated heterocycles. The average molecular weight is 578 g/mol. The van der Waals surface area contributed by atoms with Crippen LogP contribution in [0.4, 0.5) is 19.0 Å². The quantitative estimate of drug-likeness (QED) is 0.322. The predicted octanol–water partition coefficient (Wildman–Crippen LogP) is 5.06. The maximum absolute atomic E-state index is 14.3. The van der Waals surface area contributed by atoms with Crippen LogP contribution in [0.15, 0.2) is 67.0 Å². The fraction of sp³-hybridized carbons (Fsp3) is 0.241. The summed E-state index contributed by atoms with van der Waals surface area (Å²) in [6.07, 6.45) is 1.28. The summed E-state index contributed by atoms with van der Waals surface area (Å²) in [6, 6.07) is 13.7. The lowest BCUT2D eigenvalue weighted by Crippen LogP contribution is -2.37. The highest BCUT2D eigenvalue weighted by atomic mass is 32.1. The normalized spacial score (nSPS) is 15.3. The number of likely N-dealkylation sites (N-methyl/N-ethyl adjacent to an activating group) is 1. The minimum absolute atomic E-state index is 0.102. The number of hydrogen-bond acceptors (Lipinski definition) is 7. The van der Waals surface area contributed by atoms with Gasteiger partial charge >= 0.3 is 6.18 Å². The molecule has 5 rings (SSSR count). The second-order valence-electron chi connectivity index (χ2n) is 9.90. The monoisotopic (exact) mass is 577 g/mol. The summed E-state index contributed by atoms with van der Waals surface area (Å²) in [4.78, 5) is 22.0. The second-order valence-corrected chi connectivity index (χ2v) is 11.0. The molecular formula is C29H26F3N7OS. The molecule has 0 saturated carbocycles. The van der Waals surface area contributed by atoms with E-state index in [9.17, 15) is 23.2 Å². The van der Waals surface area contributed by atoms with Crippen molar-refractivity contribution in [2.45, 2.75) is 18.6 Å². The van der Waals surface area contributed by atoms with E-state index in [1.807, 2.05) is 19.0 Å². The van der Waals surface area contributed by atoms with Crippen molar-refractivity contribution in [2.75, 3.05) is 32.9 Å². The number of halogens is 3.